The van der Waals surface area contributed by atoms with Crippen molar-refractivity contribution in [2.75, 3.05) is 0 Å². The summed E-state index contributed by atoms with van der Waals surface area (Å²) in [5.74, 6) is -1.01. The molecule has 0 bridgehead atoms. The van der Waals surface area contributed by atoms with Crippen LogP contribution in [0.25, 0.3) is 0 Å². The highest BCUT2D eigenvalue weighted by Gasteiger charge is 2.60. The second-order valence-corrected chi connectivity index (χ2v) is 9.71. The van der Waals surface area contributed by atoms with Crippen LogP contribution in [0.4, 0.5) is 0 Å². The molecule has 0 N–H and O–H groups in total. The number of hydrogen-bond donors (Lipinski definition) is 0. The third-order valence-electron chi connectivity index (χ3n) is 7.09. The minimum atomic E-state index is -0.634. The van der Waals surface area contributed by atoms with Crippen molar-refractivity contribution in [2.45, 2.75) is 72.2 Å². The quantitative estimate of drug-likeness (QED) is 0.373. The molecule has 2 aliphatic carbocycles. The van der Waals surface area contributed by atoms with Crippen molar-refractivity contribution in [3.05, 3.63) is 48.0 Å². The van der Waals surface area contributed by atoms with Crippen molar-refractivity contribution < 1.29 is 28.6 Å². The molecule has 0 amide bonds. The molecule has 6 atom stereocenters. The van der Waals surface area contributed by atoms with Crippen LogP contribution in [0, 0.1) is 23.2 Å². The highest BCUT2D eigenvalue weighted by Crippen LogP contribution is 2.57. The van der Waals surface area contributed by atoms with E-state index in [2.05, 4.69) is 20.4 Å². The Bertz CT molecular complexity index is 876. The molecule has 32 heavy (non-hydrogen) atoms. The monoisotopic (exact) mass is 442 g/mol. The molecule has 1 aromatic rings. The Balaban J connectivity index is 2.00. The fourth-order valence-electron chi connectivity index (χ4n) is 5.69. The second kappa shape index (κ2) is 9.47. The Kier molecular flexibility index (Phi) is 7.11. The van der Waals surface area contributed by atoms with Crippen LogP contribution in [0.3, 0.4) is 0 Å². The average Bonchev–Trinajstić information content (AvgIpc) is 2.70. The molecule has 174 valence electrons. The topological polar surface area (TPSA) is 78.9 Å². The van der Waals surface area contributed by atoms with Gasteiger partial charge in [0.05, 0.1) is 5.56 Å². The van der Waals surface area contributed by atoms with Gasteiger partial charge in [-0.3, -0.25) is 9.59 Å². The summed E-state index contributed by atoms with van der Waals surface area (Å²) < 4.78 is 17.5. The molecule has 6 nitrogen and oxygen atoms in total. The lowest BCUT2D eigenvalue weighted by molar-refractivity contribution is -0.200. The summed E-state index contributed by atoms with van der Waals surface area (Å²) >= 11 is 0. The van der Waals surface area contributed by atoms with Crippen molar-refractivity contribution in [1.29, 1.82) is 0 Å². The maximum absolute atomic E-state index is 13.0. The van der Waals surface area contributed by atoms with Gasteiger partial charge >= 0.3 is 17.9 Å². The number of ether oxygens (including phenoxy) is 3. The first-order valence-electron chi connectivity index (χ1n) is 11.3. The number of rotatable bonds is 5. The molecule has 0 saturated heterocycles. The van der Waals surface area contributed by atoms with Crippen LogP contribution in [0.2, 0.25) is 0 Å². The van der Waals surface area contributed by atoms with Gasteiger partial charge in [0, 0.05) is 31.6 Å². The van der Waals surface area contributed by atoms with Crippen molar-refractivity contribution in [3.63, 3.8) is 0 Å². The van der Waals surface area contributed by atoms with Crippen LogP contribution in [0.1, 0.15) is 64.2 Å². The fourth-order valence-corrected chi connectivity index (χ4v) is 5.69. The molecule has 1 aromatic carbocycles. The summed E-state index contributed by atoms with van der Waals surface area (Å²) in [5, 5.41) is 0. The lowest BCUT2D eigenvalue weighted by atomic mass is 9.52. The third kappa shape index (κ3) is 4.74. The molecule has 0 spiro atoms. The van der Waals surface area contributed by atoms with E-state index < -0.39 is 35.7 Å². The van der Waals surface area contributed by atoms with Crippen LogP contribution in [-0.2, 0) is 23.8 Å². The van der Waals surface area contributed by atoms with Gasteiger partial charge in [0.2, 0.25) is 0 Å². The van der Waals surface area contributed by atoms with Gasteiger partial charge in [-0.2, -0.15) is 0 Å². The molecule has 2 fully saturated rings. The zero-order valence-corrected chi connectivity index (χ0v) is 19.6. The largest absolute Gasteiger partial charge is 0.458 e. The van der Waals surface area contributed by atoms with E-state index in [0.717, 1.165) is 18.4 Å². The average molecular weight is 443 g/mol. The van der Waals surface area contributed by atoms with Gasteiger partial charge in [-0.15, -0.1) is 0 Å². The lowest BCUT2D eigenvalue weighted by Crippen LogP contribution is -2.61. The standard InChI is InChI=1S/C26H34O6/c1-15(2)20-12-13-26(6)22(23(20)32-25(29)19-10-8-7-9-11-19)16(3)14-21(30-17(4)27)24(26)31-18(5)28/h7-11,15,20-24H,3,12-14H2,1-2,4-6H3/t20-,21+,22-,23+,24-,26-/m0/s1. The lowest BCUT2D eigenvalue weighted by Gasteiger charge is -2.57. The Morgan fingerprint density at radius 2 is 1.66 bits per heavy atom. The Morgan fingerprint density at radius 1 is 1.03 bits per heavy atom. The Morgan fingerprint density at radius 3 is 2.22 bits per heavy atom. The minimum Gasteiger partial charge on any atom is -0.458 e. The predicted molar refractivity (Wildman–Crippen MR) is 120 cm³/mol. The first-order valence-corrected chi connectivity index (χ1v) is 11.3. The maximum atomic E-state index is 13.0. The van der Waals surface area contributed by atoms with Gasteiger partial charge in [0.15, 0.2) is 0 Å². The van der Waals surface area contributed by atoms with E-state index in [1.807, 2.05) is 25.1 Å². The van der Waals surface area contributed by atoms with Crippen molar-refractivity contribution in [2.24, 2.45) is 23.2 Å². The van der Waals surface area contributed by atoms with E-state index in [0.29, 0.717) is 17.9 Å². The van der Waals surface area contributed by atoms with Crippen molar-refractivity contribution in [1.82, 2.24) is 0 Å². The van der Waals surface area contributed by atoms with Gasteiger partial charge in [0.1, 0.15) is 18.3 Å². The minimum absolute atomic E-state index is 0.140. The number of fused-ring (bicyclic) bond motifs is 1. The molecule has 0 radical (unpaired) electrons. The molecule has 0 heterocycles. The zero-order valence-electron chi connectivity index (χ0n) is 19.6. The zero-order chi connectivity index (χ0) is 23.6. The number of carbonyl (C=O) groups excluding carboxylic acids is 3. The normalized spacial score (nSPS) is 32.1. The van der Waals surface area contributed by atoms with E-state index >= 15 is 0 Å². The van der Waals surface area contributed by atoms with Gasteiger partial charge in [-0.05, 0) is 36.8 Å². The summed E-state index contributed by atoms with van der Waals surface area (Å²) in [7, 11) is 0. The molecule has 0 aliphatic heterocycles. The molecule has 0 aromatic heterocycles. The van der Waals surface area contributed by atoms with E-state index in [1.165, 1.54) is 13.8 Å². The Hall–Kier alpha value is -2.63. The predicted octanol–water partition coefficient (Wildman–Crippen LogP) is 4.72. The number of benzene rings is 1. The van der Waals surface area contributed by atoms with E-state index in [4.69, 9.17) is 14.2 Å². The van der Waals surface area contributed by atoms with Crippen molar-refractivity contribution >= 4 is 17.9 Å². The van der Waals surface area contributed by atoms with Crippen LogP contribution < -0.4 is 0 Å². The van der Waals surface area contributed by atoms with Crippen LogP contribution in [0.15, 0.2) is 42.5 Å². The SMILES string of the molecule is C=C1C[C@@H](OC(C)=O)[C@H](OC(C)=O)[C@@]2(C)CC[C@@H](C(C)C)[C@@H](OC(=O)c3ccccc3)[C@H]12. The summed E-state index contributed by atoms with van der Waals surface area (Å²) in [6.45, 7) is 13.3. The third-order valence-corrected chi connectivity index (χ3v) is 7.09. The molecule has 2 aliphatic rings. The smallest absolute Gasteiger partial charge is 0.338 e. The highest BCUT2D eigenvalue weighted by molar-refractivity contribution is 5.89. The molecule has 2 saturated carbocycles. The van der Waals surface area contributed by atoms with Gasteiger partial charge in [-0.1, -0.05) is 51.1 Å². The van der Waals surface area contributed by atoms with Crippen LogP contribution in [-0.4, -0.2) is 36.2 Å². The summed E-state index contributed by atoms with van der Waals surface area (Å²) in [6.07, 6.45) is 0.258. The number of hydrogen-bond acceptors (Lipinski definition) is 6. The number of esters is 3. The second-order valence-electron chi connectivity index (χ2n) is 9.71. The fraction of sp³-hybridized carbons (Fsp3) is 0.577. The highest BCUT2D eigenvalue weighted by atomic mass is 16.6. The van der Waals surface area contributed by atoms with Gasteiger partial charge in [-0.25, -0.2) is 4.79 Å². The summed E-state index contributed by atoms with van der Waals surface area (Å²) in [4.78, 5) is 36.8. The van der Waals surface area contributed by atoms with E-state index in [-0.39, 0.29) is 17.8 Å². The first kappa shape index (κ1) is 24.0. The summed E-state index contributed by atoms with van der Waals surface area (Å²) in [6, 6.07) is 8.95. The first-order chi connectivity index (χ1) is 15.0. The van der Waals surface area contributed by atoms with Crippen LogP contribution >= 0.6 is 0 Å². The van der Waals surface area contributed by atoms with Gasteiger partial charge < -0.3 is 14.2 Å². The summed E-state index contributed by atoms with van der Waals surface area (Å²) in [5.41, 5.74) is 0.783. The van der Waals surface area contributed by atoms with Crippen LogP contribution in [0.5, 0.6) is 0 Å². The molecule has 3 rings (SSSR count). The molecular weight excluding hydrogens is 408 g/mol. The molecule has 0 unspecified atom stereocenters. The van der Waals surface area contributed by atoms with Gasteiger partial charge in [0.25, 0.3) is 0 Å². The van der Waals surface area contributed by atoms with E-state index in [1.54, 1.807) is 12.1 Å². The van der Waals surface area contributed by atoms with Crippen molar-refractivity contribution in [3.8, 4) is 0 Å². The number of carbonyl (C=O) groups is 3. The van der Waals surface area contributed by atoms with E-state index in [9.17, 15) is 14.4 Å². The molecular formula is C26H34O6. The Labute approximate surface area is 190 Å². The molecule has 6 heteroatoms. The maximum Gasteiger partial charge on any atom is 0.338 e.